The summed E-state index contributed by atoms with van der Waals surface area (Å²) in [6.07, 6.45) is 0.863. The zero-order chi connectivity index (χ0) is 11.9. The van der Waals surface area contributed by atoms with Crippen LogP contribution < -0.4 is 14.5 Å². The van der Waals surface area contributed by atoms with E-state index in [1.165, 1.54) is 10.8 Å². The van der Waals surface area contributed by atoms with Crippen LogP contribution in [-0.2, 0) is 0 Å². The standard InChI is InChI=1S/C13H16BNO2/c1-3-14(15-2)16-12-8-10-6-4-5-7-11(10)9-13(12)17-14/h4-9H,3,15H2,1-2H3. The largest absolute Gasteiger partial charge is 0.628 e. The van der Waals surface area contributed by atoms with Crippen molar-refractivity contribution < 1.29 is 14.5 Å². The van der Waals surface area contributed by atoms with Crippen LogP contribution in [0.4, 0.5) is 0 Å². The molecule has 2 aromatic carbocycles. The molecule has 0 saturated carbocycles. The van der Waals surface area contributed by atoms with Crippen molar-refractivity contribution >= 4 is 17.5 Å². The van der Waals surface area contributed by atoms with Crippen molar-refractivity contribution in [1.29, 1.82) is 0 Å². The first-order chi connectivity index (χ1) is 8.26. The summed E-state index contributed by atoms with van der Waals surface area (Å²) in [7, 11) is 2.00. The van der Waals surface area contributed by atoms with Gasteiger partial charge in [0.1, 0.15) is 11.5 Å². The van der Waals surface area contributed by atoms with E-state index < -0.39 is 6.69 Å². The highest BCUT2D eigenvalue weighted by Crippen LogP contribution is 2.39. The van der Waals surface area contributed by atoms with Crippen molar-refractivity contribution in [2.24, 2.45) is 0 Å². The smallest absolute Gasteiger partial charge is 0.576 e. The van der Waals surface area contributed by atoms with E-state index in [9.17, 15) is 0 Å². The molecule has 0 unspecified atom stereocenters. The topological polar surface area (TPSA) is 35.1 Å². The second kappa shape index (κ2) is 3.67. The van der Waals surface area contributed by atoms with E-state index in [0.717, 1.165) is 17.8 Å². The van der Waals surface area contributed by atoms with E-state index in [4.69, 9.17) is 9.31 Å². The van der Waals surface area contributed by atoms with Crippen LogP contribution in [-0.4, -0.2) is 13.7 Å². The minimum Gasteiger partial charge on any atom is -0.628 e. The first-order valence-electron chi connectivity index (χ1n) is 6.14. The molecular weight excluding hydrogens is 213 g/mol. The molecule has 1 aliphatic heterocycles. The Balaban J connectivity index is 2.11. The van der Waals surface area contributed by atoms with Crippen molar-refractivity contribution in [3.05, 3.63) is 36.4 Å². The molecule has 0 bridgehead atoms. The van der Waals surface area contributed by atoms with Crippen molar-refractivity contribution in [1.82, 2.24) is 0 Å². The van der Waals surface area contributed by atoms with Crippen molar-refractivity contribution in [2.75, 3.05) is 7.05 Å². The predicted molar refractivity (Wildman–Crippen MR) is 69.3 cm³/mol. The lowest BCUT2D eigenvalue weighted by molar-refractivity contribution is -0.522. The van der Waals surface area contributed by atoms with Crippen LogP contribution >= 0.6 is 0 Å². The van der Waals surface area contributed by atoms with Gasteiger partial charge in [0.15, 0.2) is 0 Å². The third-order valence-corrected chi connectivity index (χ3v) is 3.54. The Morgan fingerprint density at radius 2 is 1.59 bits per heavy atom. The Hall–Kier alpha value is -1.68. The average Bonchev–Trinajstić information content (AvgIpc) is 2.74. The van der Waals surface area contributed by atoms with Crippen LogP contribution in [0, 0.1) is 0 Å². The molecule has 0 fully saturated rings. The van der Waals surface area contributed by atoms with E-state index in [1.807, 2.05) is 24.4 Å². The monoisotopic (exact) mass is 229 g/mol. The minimum absolute atomic E-state index is 0.863. The number of hydrogen-bond donors (Lipinski definition) is 1. The van der Waals surface area contributed by atoms with Gasteiger partial charge in [-0.2, -0.15) is 0 Å². The molecule has 0 atom stereocenters. The molecule has 2 aromatic rings. The number of hydrogen-bond acceptors (Lipinski definition) is 2. The first kappa shape index (κ1) is 10.5. The Morgan fingerprint density at radius 1 is 1.06 bits per heavy atom. The molecule has 0 spiro atoms. The van der Waals surface area contributed by atoms with Gasteiger partial charge in [-0.15, -0.1) is 0 Å². The number of rotatable bonds is 2. The van der Waals surface area contributed by atoms with Gasteiger partial charge in [-0.25, -0.2) is 0 Å². The SMILES string of the molecule is CC[B-]1([NH2+]C)Oc2cc3ccccc3cc2O1. The van der Waals surface area contributed by atoms with Crippen LogP contribution in [0.2, 0.25) is 6.32 Å². The molecule has 4 heteroatoms. The van der Waals surface area contributed by atoms with Gasteiger partial charge in [0.05, 0.1) is 0 Å². The highest BCUT2D eigenvalue weighted by molar-refractivity contribution is 6.60. The average molecular weight is 229 g/mol. The van der Waals surface area contributed by atoms with Crippen LogP contribution in [0.5, 0.6) is 11.5 Å². The Kier molecular flexibility index (Phi) is 2.26. The highest BCUT2D eigenvalue weighted by atomic mass is 16.7. The van der Waals surface area contributed by atoms with Gasteiger partial charge in [0, 0.05) is 7.05 Å². The van der Waals surface area contributed by atoms with E-state index >= 15 is 0 Å². The Labute approximate surface area is 101 Å². The summed E-state index contributed by atoms with van der Waals surface area (Å²) in [5.41, 5.74) is 0. The maximum atomic E-state index is 5.99. The van der Waals surface area contributed by atoms with E-state index in [2.05, 4.69) is 31.2 Å². The molecule has 1 heterocycles. The van der Waals surface area contributed by atoms with Crippen LogP contribution in [0.3, 0.4) is 0 Å². The minimum atomic E-state index is -1.27. The fourth-order valence-electron chi connectivity index (χ4n) is 2.38. The zero-order valence-electron chi connectivity index (χ0n) is 10.1. The molecule has 0 radical (unpaired) electrons. The van der Waals surface area contributed by atoms with Gasteiger partial charge in [0.25, 0.3) is 0 Å². The zero-order valence-corrected chi connectivity index (χ0v) is 10.1. The highest BCUT2D eigenvalue weighted by Gasteiger charge is 2.41. The summed E-state index contributed by atoms with van der Waals surface area (Å²) < 4.78 is 12.0. The first-order valence-corrected chi connectivity index (χ1v) is 6.14. The molecular formula is C13H16BNO2. The third-order valence-electron chi connectivity index (χ3n) is 3.54. The van der Waals surface area contributed by atoms with E-state index in [1.54, 1.807) is 0 Å². The van der Waals surface area contributed by atoms with E-state index in [-0.39, 0.29) is 0 Å². The molecule has 0 saturated heterocycles. The molecule has 17 heavy (non-hydrogen) atoms. The predicted octanol–water partition coefficient (Wildman–Crippen LogP) is 1.76. The molecule has 0 aliphatic carbocycles. The van der Waals surface area contributed by atoms with Gasteiger partial charge in [-0.3, -0.25) is 0 Å². The van der Waals surface area contributed by atoms with Gasteiger partial charge < -0.3 is 14.5 Å². The summed E-state index contributed by atoms with van der Waals surface area (Å²) in [5.74, 6) is 1.73. The molecule has 2 N–H and O–H groups in total. The number of quaternary nitrogens is 1. The van der Waals surface area contributed by atoms with E-state index in [0.29, 0.717) is 0 Å². The van der Waals surface area contributed by atoms with Crippen LogP contribution in [0.25, 0.3) is 10.8 Å². The van der Waals surface area contributed by atoms with Gasteiger partial charge in [-0.05, 0) is 29.2 Å². The lowest BCUT2D eigenvalue weighted by atomic mass is 9.69. The van der Waals surface area contributed by atoms with Gasteiger partial charge in [0.2, 0.25) is 0 Å². The molecule has 88 valence electrons. The fourth-order valence-corrected chi connectivity index (χ4v) is 2.38. The van der Waals surface area contributed by atoms with Crippen LogP contribution in [0.1, 0.15) is 6.92 Å². The normalized spacial score (nSPS) is 16.4. The summed E-state index contributed by atoms with van der Waals surface area (Å²) in [6.45, 7) is 0.819. The third kappa shape index (κ3) is 1.56. The molecule has 1 aliphatic rings. The van der Waals surface area contributed by atoms with Crippen molar-refractivity contribution in [3.8, 4) is 11.5 Å². The molecule has 0 amide bonds. The Bertz CT molecular complexity index is 520. The maximum absolute atomic E-state index is 5.99. The lowest BCUT2D eigenvalue weighted by Gasteiger charge is -2.27. The molecule has 3 rings (SSSR count). The fraction of sp³-hybridized carbons (Fsp3) is 0.231. The molecule has 3 nitrogen and oxygen atoms in total. The van der Waals surface area contributed by atoms with Gasteiger partial charge in [-0.1, -0.05) is 31.2 Å². The Morgan fingerprint density at radius 3 is 2.00 bits per heavy atom. The molecule has 0 aromatic heterocycles. The number of benzene rings is 2. The number of fused-ring (bicyclic) bond motifs is 2. The summed E-state index contributed by atoms with van der Waals surface area (Å²) >= 11 is 0. The maximum Gasteiger partial charge on any atom is 0.576 e. The van der Waals surface area contributed by atoms with Crippen molar-refractivity contribution in [3.63, 3.8) is 0 Å². The van der Waals surface area contributed by atoms with Crippen molar-refractivity contribution in [2.45, 2.75) is 13.2 Å². The lowest BCUT2D eigenvalue weighted by Crippen LogP contribution is -3.01. The summed E-state index contributed by atoms with van der Waals surface area (Å²) in [6, 6.07) is 12.4. The quantitative estimate of drug-likeness (QED) is 0.796. The summed E-state index contributed by atoms with van der Waals surface area (Å²) in [5, 5.41) is 4.41. The second-order valence-electron chi connectivity index (χ2n) is 4.56. The summed E-state index contributed by atoms with van der Waals surface area (Å²) in [4.78, 5) is 0. The second-order valence-corrected chi connectivity index (χ2v) is 4.56. The number of nitrogens with two attached hydrogens (primary N) is 1. The van der Waals surface area contributed by atoms with Gasteiger partial charge >= 0.3 is 6.69 Å². The van der Waals surface area contributed by atoms with Crippen LogP contribution in [0.15, 0.2) is 36.4 Å².